The van der Waals surface area contributed by atoms with Crippen LogP contribution in [0.25, 0.3) is 0 Å². The number of carbonyl (C=O) groups is 3. The fourth-order valence-corrected chi connectivity index (χ4v) is 2.87. The lowest BCUT2D eigenvalue weighted by Gasteiger charge is -2.10. The lowest BCUT2D eigenvalue weighted by molar-refractivity contribution is -0.146. The number of halogens is 3. The van der Waals surface area contributed by atoms with Crippen LogP contribution in [0.3, 0.4) is 0 Å². The second kappa shape index (κ2) is 7.98. The molecular formula is C18H21F3N2O4. The Kier molecular flexibility index (Phi) is 6.12. The van der Waals surface area contributed by atoms with Gasteiger partial charge in [-0.15, -0.1) is 0 Å². The first-order chi connectivity index (χ1) is 12.6. The van der Waals surface area contributed by atoms with Crippen molar-refractivity contribution in [2.45, 2.75) is 33.0 Å². The number of benzene rings is 1. The van der Waals surface area contributed by atoms with Crippen molar-refractivity contribution >= 4 is 23.5 Å². The summed E-state index contributed by atoms with van der Waals surface area (Å²) in [5, 5.41) is 4.99. The molecule has 9 heteroatoms. The Morgan fingerprint density at radius 2 is 1.74 bits per heavy atom. The van der Waals surface area contributed by atoms with E-state index in [1.807, 2.05) is 0 Å². The standard InChI is InChI=1S/C18H21F3N2O4/c1-4-27-17(26)14-12(15(24)22-9(2)3)13(14)16(25)23-11-7-5-6-10(8-11)18(19,20)21/h5-9,12-14H,4H2,1-3H3,(H,22,24)(H,23,25)/t12-,13-,14+/m1/s1. The van der Waals surface area contributed by atoms with Crippen LogP contribution < -0.4 is 10.6 Å². The molecule has 3 atom stereocenters. The molecule has 0 spiro atoms. The van der Waals surface area contributed by atoms with Crippen molar-refractivity contribution in [3.8, 4) is 0 Å². The van der Waals surface area contributed by atoms with Crippen molar-refractivity contribution < 1.29 is 32.3 Å². The average Bonchev–Trinajstić information content (AvgIpc) is 3.30. The van der Waals surface area contributed by atoms with E-state index in [0.29, 0.717) is 0 Å². The predicted molar refractivity (Wildman–Crippen MR) is 90.5 cm³/mol. The molecule has 1 aromatic carbocycles. The van der Waals surface area contributed by atoms with Gasteiger partial charge in [0.05, 0.1) is 29.9 Å². The first kappa shape index (κ1) is 20.7. The molecule has 1 aliphatic rings. The molecule has 27 heavy (non-hydrogen) atoms. The molecule has 1 aliphatic carbocycles. The van der Waals surface area contributed by atoms with Gasteiger partial charge in [0.2, 0.25) is 11.8 Å². The summed E-state index contributed by atoms with van der Waals surface area (Å²) in [6.45, 7) is 5.16. The molecule has 148 valence electrons. The van der Waals surface area contributed by atoms with Crippen LogP contribution >= 0.6 is 0 Å². The van der Waals surface area contributed by atoms with Gasteiger partial charge in [-0.1, -0.05) is 6.07 Å². The monoisotopic (exact) mass is 386 g/mol. The van der Waals surface area contributed by atoms with Gasteiger partial charge in [0.25, 0.3) is 0 Å². The summed E-state index contributed by atoms with van der Waals surface area (Å²) in [4.78, 5) is 36.7. The molecule has 2 rings (SSSR count). The molecule has 0 heterocycles. The van der Waals surface area contributed by atoms with Crippen molar-refractivity contribution in [3.05, 3.63) is 29.8 Å². The van der Waals surface area contributed by atoms with Gasteiger partial charge < -0.3 is 15.4 Å². The second-order valence-corrected chi connectivity index (χ2v) is 6.56. The van der Waals surface area contributed by atoms with E-state index in [1.54, 1.807) is 20.8 Å². The van der Waals surface area contributed by atoms with Crippen LogP contribution in [0.15, 0.2) is 24.3 Å². The second-order valence-electron chi connectivity index (χ2n) is 6.56. The Balaban J connectivity index is 2.15. The SMILES string of the molecule is CCOC(=O)[C@@H]1[C@H](C(=O)Nc2cccc(C(F)(F)F)c2)[C@H]1C(=O)NC(C)C. The number of ether oxygens (including phenoxy) is 1. The highest BCUT2D eigenvalue weighted by molar-refractivity contribution is 6.05. The maximum absolute atomic E-state index is 12.8. The molecule has 2 N–H and O–H groups in total. The maximum atomic E-state index is 12.8. The number of anilines is 1. The minimum Gasteiger partial charge on any atom is -0.466 e. The Morgan fingerprint density at radius 3 is 2.30 bits per heavy atom. The molecule has 1 saturated carbocycles. The van der Waals surface area contributed by atoms with E-state index in [2.05, 4.69) is 10.6 Å². The highest BCUT2D eigenvalue weighted by Gasteiger charge is 2.63. The molecule has 6 nitrogen and oxygen atoms in total. The molecular weight excluding hydrogens is 365 g/mol. The van der Waals surface area contributed by atoms with Crippen molar-refractivity contribution in [2.24, 2.45) is 17.8 Å². The summed E-state index contributed by atoms with van der Waals surface area (Å²) in [7, 11) is 0. The highest BCUT2D eigenvalue weighted by atomic mass is 19.4. The normalized spacial score (nSPS) is 21.5. The Labute approximate surface area is 154 Å². The van der Waals surface area contributed by atoms with Gasteiger partial charge in [-0.2, -0.15) is 13.2 Å². The van der Waals surface area contributed by atoms with Crippen LogP contribution in [0.5, 0.6) is 0 Å². The zero-order valence-corrected chi connectivity index (χ0v) is 15.1. The lowest BCUT2D eigenvalue weighted by Crippen LogP contribution is -2.33. The van der Waals surface area contributed by atoms with Crippen LogP contribution in [0.4, 0.5) is 18.9 Å². The Bertz CT molecular complexity index is 734. The highest BCUT2D eigenvalue weighted by Crippen LogP contribution is 2.48. The number of nitrogens with one attached hydrogen (secondary N) is 2. The number of amides is 2. The first-order valence-corrected chi connectivity index (χ1v) is 8.51. The third-order valence-electron chi connectivity index (χ3n) is 4.07. The average molecular weight is 386 g/mol. The summed E-state index contributed by atoms with van der Waals surface area (Å²) < 4.78 is 43.3. The molecule has 0 unspecified atom stereocenters. The molecule has 1 fully saturated rings. The zero-order valence-electron chi connectivity index (χ0n) is 15.1. The Morgan fingerprint density at radius 1 is 1.11 bits per heavy atom. The quantitative estimate of drug-likeness (QED) is 0.736. The van der Waals surface area contributed by atoms with Gasteiger partial charge >= 0.3 is 12.1 Å². The van der Waals surface area contributed by atoms with E-state index in [9.17, 15) is 27.6 Å². The fourth-order valence-electron chi connectivity index (χ4n) is 2.87. The van der Waals surface area contributed by atoms with E-state index >= 15 is 0 Å². The number of rotatable bonds is 6. The van der Waals surface area contributed by atoms with Crippen molar-refractivity contribution in [3.63, 3.8) is 0 Å². The van der Waals surface area contributed by atoms with Crippen LogP contribution in [0.1, 0.15) is 26.3 Å². The molecule has 0 saturated heterocycles. The zero-order chi connectivity index (χ0) is 20.4. The molecule has 2 amide bonds. The number of hydrogen-bond donors (Lipinski definition) is 2. The van der Waals surface area contributed by atoms with Gasteiger partial charge in [-0.25, -0.2) is 0 Å². The molecule has 0 aliphatic heterocycles. The fraction of sp³-hybridized carbons (Fsp3) is 0.500. The topological polar surface area (TPSA) is 84.5 Å². The summed E-state index contributed by atoms with van der Waals surface area (Å²) in [6.07, 6.45) is -4.55. The molecule has 1 aromatic rings. The minimum absolute atomic E-state index is 0.0626. The van der Waals surface area contributed by atoms with Crippen LogP contribution in [0.2, 0.25) is 0 Å². The van der Waals surface area contributed by atoms with Gasteiger partial charge in [-0.3, -0.25) is 14.4 Å². The third kappa shape index (κ3) is 4.99. The number of carbonyl (C=O) groups excluding carboxylic acids is 3. The number of hydrogen-bond acceptors (Lipinski definition) is 4. The Hall–Kier alpha value is -2.58. The van der Waals surface area contributed by atoms with E-state index in [-0.39, 0.29) is 18.3 Å². The van der Waals surface area contributed by atoms with Crippen molar-refractivity contribution in [2.75, 3.05) is 11.9 Å². The minimum atomic E-state index is -4.55. The van der Waals surface area contributed by atoms with E-state index in [0.717, 1.165) is 18.2 Å². The van der Waals surface area contributed by atoms with Crippen LogP contribution in [0, 0.1) is 17.8 Å². The van der Waals surface area contributed by atoms with E-state index in [1.165, 1.54) is 6.07 Å². The largest absolute Gasteiger partial charge is 0.466 e. The van der Waals surface area contributed by atoms with E-state index in [4.69, 9.17) is 4.74 Å². The first-order valence-electron chi connectivity index (χ1n) is 8.51. The predicted octanol–water partition coefficient (Wildman–Crippen LogP) is 2.59. The van der Waals surface area contributed by atoms with Crippen LogP contribution in [-0.4, -0.2) is 30.4 Å². The van der Waals surface area contributed by atoms with Crippen molar-refractivity contribution in [1.82, 2.24) is 5.32 Å². The van der Waals surface area contributed by atoms with Gasteiger partial charge in [-0.05, 0) is 39.0 Å². The molecule has 0 bridgehead atoms. The number of esters is 1. The van der Waals surface area contributed by atoms with Crippen LogP contribution in [-0.2, 0) is 25.3 Å². The molecule has 0 aromatic heterocycles. The summed E-state index contributed by atoms with van der Waals surface area (Å²) in [6, 6.07) is 3.96. The van der Waals surface area contributed by atoms with Gasteiger partial charge in [0.15, 0.2) is 0 Å². The van der Waals surface area contributed by atoms with Gasteiger partial charge in [0.1, 0.15) is 0 Å². The van der Waals surface area contributed by atoms with E-state index < -0.39 is 47.3 Å². The van der Waals surface area contributed by atoms with Gasteiger partial charge in [0, 0.05) is 11.7 Å². The lowest BCUT2D eigenvalue weighted by atomic mass is 10.2. The third-order valence-corrected chi connectivity index (χ3v) is 4.07. The summed E-state index contributed by atoms with van der Waals surface area (Å²) in [5.41, 5.74) is -0.973. The molecule has 0 radical (unpaired) electrons. The summed E-state index contributed by atoms with van der Waals surface area (Å²) in [5.74, 6) is -4.68. The smallest absolute Gasteiger partial charge is 0.416 e. The number of alkyl halides is 3. The summed E-state index contributed by atoms with van der Waals surface area (Å²) >= 11 is 0. The van der Waals surface area contributed by atoms with Crippen molar-refractivity contribution in [1.29, 1.82) is 0 Å². The maximum Gasteiger partial charge on any atom is 0.416 e.